The molecule has 0 amide bonds. The van der Waals surface area contributed by atoms with Crippen molar-refractivity contribution < 1.29 is 0 Å². The molecule has 0 heterocycles. The van der Waals surface area contributed by atoms with E-state index in [4.69, 9.17) is 5.73 Å². The summed E-state index contributed by atoms with van der Waals surface area (Å²) in [5, 5.41) is 0. The summed E-state index contributed by atoms with van der Waals surface area (Å²) in [6.07, 6.45) is 13.5. The Morgan fingerprint density at radius 2 is 1.75 bits per heavy atom. The van der Waals surface area contributed by atoms with Gasteiger partial charge in [0.2, 0.25) is 0 Å². The van der Waals surface area contributed by atoms with Crippen molar-refractivity contribution in [2.45, 2.75) is 70.3 Å². The smallest absolute Gasteiger partial charge is 0.01000 e. The lowest BCUT2D eigenvalue weighted by atomic mass is 9.84. The Morgan fingerprint density at radius 3 is 2.35 bits per heavy atom. The molecule has 0 saturated heterocycles. The molecule has 0 aromatic heterocycles. The third kappa shape index (κ3) is 5.13. The van der Waals surface area contributed by atoms with Crippen LogP contribution >= 0.6 is 0 Å². The van der Waals surface area contributed by atoms with Crippen LogP contribution in [0, 0.1) is 0 Å². The van der Waals surface area contributed by atoms with Crippen LogP contribution in [0.4, 0.5) is 0 Å². The average molecular weight is 271 g/mol. The maximum Gasteiger partial charge on any atom is 0.01000 e. The molecule has 1 nitrogen and oxygen atoms in total. The van der Waals surface area contributed by atoms with Gasteiger partial charge in [-0.1, -0.05) is 55.7 Å². The first-order chi connectivity index (χ1) is 9.54. The lowest BCUT2D eigenvalue weighted by Crippen LogP contribution is -2.31. The second-order valence-corrected chi connectivity index (χ2v) is 6.93. The fraction of sp³-hybridized carbons (Fsp3) is 0.579. The van der Waals surface area contributed by atoms with Gasteiger partial charge in [0, 0.05) is 5.54 Å². The topological polar surface area (TPSA) is 26.0 Å². The van der Waals surface area contributed by atoms with Gasteiger partial charge in [-0.25, -0.2) is 0 Å². The van der Waals surface area contributed by atoms with E-state index in [1.54, 1.807) is 0 Å². The summed E-state index contributed by atoms with van der Waals surface area (Å²) < 4.78 is 0. The van der Waals surface area contributed by atoms with Crippen molar-refractivity contribution in [1.29, 1.82) is 0 Å². The van der Waals surface area contributed by atoms with Crippen molar-refractivity contribution in [3.8, 4) is 0 Å². The summed E-state index contributed by atoms with van der Waals surface area (Å²) in [7, 11) is 0. The van der Waals surface area contributed by atoms with Crippen LogP contribution in [0.5, 0.6) is 0 Å². The highest BCUT2D eigenvalue weighted by Gasteiger charge is 2.14. The van der Waals surface area contributed by atoms with Crippen molar-refractivity contribution in [3.05, 3.63) is 41.5 Å². The summed E-state index contributed by atoms with van der Waals surface area (Å²) in [6, 6.07) is 9.16. The van der Waals surface area contributed by atoms with E-state index in [1.807, 2.05) is 0 Å². The first-order valence-corrected chi connectivity index (χ1v) is 8.10. The van der Waals surface area contributed by atoms with Crippen LogP contribution in [-0.2, 0) is 0 Å². The Kier molecular flexibility index (Phi) is 5.42. The van der Waals surface area contributed by atoms with Gasteiger partial charge < -0.3 is 5.73 Å². The quantitative estimate of drug-likeness (QED) is 0.776. The standard InChI is InChI=1S/C19H29N/c1-19(2,20)15-7-6-8-16-11-13-18(14-12-16)17-9-4-3-5-10-17/h6,8,11-14,17H,3-5,7,9-10,15,20H2,1-2H3/b8-6+. The summed E-state index contributed by atoms with van der Waals surface area (Å²) >= 11 is 0. The van der Waals surface area contributed by atoms with Crippen LogP contribution in [0.3, 0.4) is 0 Å². The summed E-state index contributed by atoms with van der Waals surface area (Å²) in [4.78, 5) is 0. The Bertz CT molecular complexity index is 416. The van der Waals surface area contributed by atoms with E-state index in [9.17, 15) is 0 Å². The molecular formula is C19H29N. The molecule has 0 aliphatic heterocycles. The largest absolute Gasteiger partial charge is 0.326 e. The zero-order chi connectivity index (χ0) is 14.4. The molecule has 1 saturated carbocycles. The minimum Gasteiger partial charge on any atom is -0.326 e. The lowest BCUT2D eigenvalue weighted by molar-refractivity contribution is 0.443. The van der Waals surface area contributed by atoms with E-state index < -0.39 is 0 Å². The van der Waals surface area contributed by atoms with Gasteiger partial charge in [0.25, 0.3) is 0 Å². The number of hydrogen-bond donors (Lipinski definition) is 1. The predicted octanol–water partition coefficient (Wildman–Crippen LogP) is 5.27. The molecule has 110 valence electrons. The second-order valence-electron chi connectivity index (χ2n) is 6.93. The van der Waals surface area contributed by atoms with Crippen molar-refractivity contribution in [1.82, 2.24) is 0 Å². The van der Waals surface area contributed by atoms with Gasteiger partial charge in [0.05, 0.1) is 0 Å². The van der Waals surface area contributed by atoms with E-state index in [-0.39, 0.29) is 5.54 Å². The first kappa shape index (κ1) is 15.3. The Morgan fingerprint density at radius 1 is 1.10 bits per heavy atom. The zero-order valence-electron chi connectivity index (χ0n) is 13.1. The maximum atomic E-state index is 5.98. The molecule has 0 atom stereocenters. The molecule has 0 spiro atoms. The van der Waals surface area contributed by atoms with Crippen molar-refractivity contribution in [3.63, 3.8) is 0 Å². The summed E-state index contributed by atoms with van der Waals surface area (Å²) in [5.41, 5.74) is 8.76. The number of nitrogens with two attached hydrogens (primary N) is 1. The normalized spacial score (nSPS) is 17.8. The lowest BCUT2D eigenvalue weighted by Gasteiger charge is -2.21. The molecule has 1 aromatic carbocycles. The van der Waals surface area contributed by atoms with Crippen molar-refractivity contribution in [2.75, 3.05) is 0 Å². The van der Waals surface area contributed by atoms with Crippen LogP contribution in [-0.4, -0.2) is 5.54 Å². The van der Waals surface area contributed by atoms with E-state index >= 15 is 0 Å². The fourth-order valence-corrected chi connectivity index (χ4v) is 2.99. The van der Waals surface area contributed by atoms with Crippen LogP contribution in [0.2, 0.25) is 0 Å². The molecule has 20 heavy (non-hydrogen) atoms. The molecule has 2 rings (SSSR count). The van der Waals surface area contributed by atoms with E-state index in [0.717, 1.165) is 18.8 Å². The van der Waals surface area contributed by atoms with Gasteiger partial charge in [0.15, 0.2) is 0 Å². The summed E-state index contributed by atoms with van der Waals surface area (Å²) in [5.74, 6) is 0.805. The Labute approximate surface area is 124 Å². The van der Waals surface area contributed by atoms with Gasteiger partial charge in [-0.2, -0.15) is 0 Å². The van der Waals surface area contributed by atoms with Gasteiger partial charge in [0.1, 0.15) is 0 Å². The van der Waals surface area contributed by atoms with Crippen LogP contribution in [0.25, 0.3) is 6.08 Å². The molecular weight excluding hydrogens is 242 g/mol. The van der Waals surface area contributed by atoms with Gasteiger partial charge in [-0.15, -0.1) is 0 Å². The van der Waals surface area contributed by atoms with Crippen LogP contribution < -0.4 is 5.73 Å². The van der Waals surface area contributed by atoms with Crippen molar-refractivity contribution in [2.24, 2.45) is 5.73 Å². The van der Waals surface area contributed by atoms with Crippen molar-refractivity contribution >= 4 is 6.08 Å². The van der Waals surface area contributed by atoms with Gasteiger partial charge >= 0.3 is 0 Å². The van der Waals surface area contributed by atoms with Gasteiger partial charge in [-0.05, 0) is 56.6 Å². The number of rotatable bonds is 5. The first-order valence-electron chi connectivity index (χ1n) is 8.10. The molecule has 0 unspecified atom stereocenters. The number of benzene rings is 1. The minimum absolute atomic E-state index is 0.0603. The number of hydrogen-bond acceptors (Lipinski definition) is 1. The fourth-order valence-electron chi connectivity index (χ4n) is 2.99. The highest BCUT2D eigenvalue weighted by Crippen LogP contribution is 2.32. The Balaban J connectivity index is 1.86. The van der Waals surface area contributed by atoms with Crippen LogP contribution in [0.1, 0.15) is 75.8 Å². The zero-order valence-corrected chi connectivity index (χ0v) is 13.1. The van der Waals surface area contributed by atoms with E-state index in [0.29, 0.717) is 0 Å². The molecule has 1 heteroatoms. The molecule has 1 fully saturated rings. The second kappa shape index (κ2) is 7.08. The SMILES string of the molecule is CC(C)(N)CC/C=C/c1ccc(C2CCCCC2)cc1. The number of allylic oxidation sites excluding steroid dienone is 1. The third-order valence-electron chi connectivity index (χ3n) is 4.28. The molecule has 1 aliphatic carbocycles. The highest BCUT2D eigenvalue weighted by molar-refractivity contribution is 5.49. The molecule has 2 N–H and O–H groups in total. The molecule has 1 aliphatic rings. The van der Waals surface area contributed by atoms with Crippen LogP contribution in [0.15, 0.2) is 30.3 Å². The van der Waals surface area contributed by atoms with E-state index in [1.165, 1.54) is 43.2 Å². The van der Waals surface area contributed by atoms with E-state index in [2.05, 4.69) is 50.3 Å². The molecule has 1 aromatic rings. The molecule has 0 radical (unpaired) electrons. The predicted molar refractivity (Wildman–Crippen MR) is 88.8 cm³/mol. The molecule has 0 bridgehead atoms. The minimum atomic E-state index is -0.0603. The average Bonchev–Trinajstić information content (AvgIpc) is 2.44. The maximum absolute atomic E-state index is 5.98. The monoisotopic (exact) mass is 271 g/mol. The highest BCUT2D eigenvalue weighted by atomic mass is 14.7. The third-order valence-corrected chi connectivity index (χ3v) is 4.28. The summed E-state index contributed by atoms with van der Waals surface area (Å²) in [6.45, 7) is 4.17. The Hall–Kier alpha value is -1.08. The van der Waals surface area contributed by atoms with Gasteiger partial charge in [-0.3, -0.25) is 0 Å².